The minimum absolute atomic E-state index is 1.20. The SMILES string of the molecule is c1ccc2cc3c(cc2c1)c1cc(-c2ccc4c(c2)c2ccccc2n4-c2cccc4c2sc2ccccc24)ccc1n3-c1cccc2ccccc12. The molecule has 0 spiro atoms. The molecular formula is C50H30N2S. The highest BCUT2D eigenvalue weighted by Crippen LogP contribution is 2.43. The van der Waals surface area contributed by atoms with Crippen LogP contribution in [0.2, 0.25) is 0 Å². The number of aromatic nitrogens is 2. The van der Waals surface area contributed by atoms with Gasteiger partial charge in [0.05, 0.1) is 38.1 Å². The first-order valence-electron chi connectivity index (χ1n) is 18.2. The van der Waals surface area contributed by atoms with Gasteiger partial charge in [-0.1, -0.05) is 121 Å². The van der Waals surface area contributed by atoms with Crippen LogP contribution < -0.4 is 0 Å². The Morgan fingerprint density at radius 1 is 0.302 bits per heavy atom. The number of hydrogen-bond donors (Lipinski definition) is 0. The van der Waals surface area contributed by atoms with Gasteiger partial charge in [0.2, 0.25) is 0 Å². The van der Waals surface area contributed by atoms with Gasteiger partial charge in [0, 0.05) is 42.4 Å². The highest BCUT2D eigenvalue weighted by Gasteiger charge is 2.19. The summed E-state index contributed by atoms with van der Waals surface area (Å²) in [5, 5.41) is 12.7. The molecule has 0 bridgehead atoms. The second-order valence-corrected chi connectivity index (χ2v) is 15.2. The molecule has 3 aromatic heterocycles. The van der Waals surface area contributed by atoms with E-state index in [0.29, 0.717) is 0 Å². The van der Waals surface area contributed by atoms with Gasteiger partial charge < -0.3 is 9.13 Å². The van der Waals surface area contributed by atoms with E-state index in [-0.39, 0.29) is 0 Å². The normalized spacial score (nSPS) is 12.2. The lowest BCUT2D eigenvalue weighted by atomic mass is 10.00. The second-order valence-electron chi connectivity index (χ2n) is 14.1. The van der Waals surface area contributed by atoms with Crippen molar-refractivity contribution in [2.45, 2.75) is 0 Å². The van der Waals surface area contributed by atoms with Crippen LogP contribution in [0.15, 0.2) is 182 Å². The van der Waals surface area contributed by atoms with Crippen molar-refractivity contribution in [1.82, 2.24) is 9.13 Å². The van der Waals surface area contributed by atoms with Crippen LogP contribution in [-0.4, -0.2) is 9.13 Å². The molecule has 0 aliphatic carbocycles. The van der Waals surface area contributed by atoms with E-state index in [1.54, 1.807) is 0 Å². The van der Waals surface area contributed by atoms with Crippen molar-refractivity contribution in [1.29, 1.82) is 0 Å². The monoisotopic (exact) mass is 690 g/mol. The molecule has 0 aliphatic rings. The molecule has 0 aliphatic heterocycles. The van der Waals surface area contributed by atoms with Crippen molar-refractivity contribution < 1.29 is 0 Å². The van der Waals surface area contributed by atoms with Crippen molar-refractivity contribution in [2.75, 3.05) is 0 Å². The standard InChI is InChI=1S/C50H30N2S/c1-2-13-33-30-48-42(27-32(33)12-1)41-29-35(24-26-46(41)52(48)43-20-9-14-31-11-3-4-15-36(31)43)34-23-25-45-40(28-34)37-16-5-7-19-44(37)51(45)47-21-10-18-39-38-17-6-8-22-49(38)53-50(39)47/h1-30H. The fourth-order valence-electron chi connectivity index (χ4n) is 8.87. The summed E-state index contributed by atoms with van der Waals surface area (Å²) in [6.45, 7) is 0. The molecule has 12 rings (SSSR count). The number of hydrogen-bond acceptors (Lipinski definition) is 1. The number of thiophene rings is 1. The Bertz CT molecular complexity index is 3460. The van der Waals surface area contributed by atoms with E-state index < -0.39 is 0 Å². The number of para-hydroxylation sites is 1. The van der Waals surface area contributed by atoms with Crippen molar-refractivity contribution >= 4 is 96.7 Å². The van der Waals surface area contributed by atoms with Crippen molar-refractivity contribution in [3.63, 3.8) is 0 Å². The van der Waals surface area contributed by atoms with E-state index in [2.05, 4.69) is 191 Å². The Hall–Kier alpha value is -6.68. The molecule has 0 saturated carbocycles. The summed E-state index contributed by atoms with van der Waals surface area (Å²) in [7, 11) is 0. The highest BCUT2D eigenvalue weighted by atomic mass is 32.1. The molecule has 246 valence electrons. The van der Waals surface area contributed by atoms with Crippen molar-refractivity contribution in [3.05, 3.63) is 182 Å². The van der Waals surface area contributed by atoms with E-state index in [1.807, 2.05) is 11.3 Å². The molecule has 3 heteroatoms. The third-order valence-corrected chi connectivity index (χ3v) is 12.5. The second kappa shape index (κ2) is 10.9. The Kier molecular flexibility index (Phi) is 5.96. The van der Waals surface area contributed by atoms with E-state index >= 15 is 0 Å². The zero-order valence-electron chi connectivity index (χ0n) is 28.6. The lowest BCUT2D eigenvalue weighted by molar-refractivity contribution is 1.20. The van der Waals surface area contributed by atoms with Crippen LogP contribution in [0.5, 0.6) is 0 Å². The van der Waals surface area contributed by atoms with Crippen LogP contribution >= 0.6 is 11.3 Å². The molecule has 53 heavy (non-hydrogen) atoms. The average Bonchev–Trinajstić information content (AvgIpc) is 3.87. The third-order valence-electron chi connectivity index (χ3n) is 11.3. The molecule has 0 N–H and O–H groups in total. The number of nitrogens with zero attached hydrogens (tertiary/aromatic N) is 2. The van der Waals surface area contributed by atoms with E-state index in [1.165, 1.54) is 108 Å². The minimum atomic E-state index is 1.20. The van der Waals surface area contributed by atoms with Gasteiger partial charge in [0.15, 0.2) is 0 Å². The fraction of sp³-hybridized carbons (Fsp3) is 0. The summed E-state index contributed by atoms with van der Waals surface area (Å²) in [6, 6.07) is 67.3. The summed E-state index contributed by atoms with van der Waals surface area (Å²) in [5.41, 5.74) is 9.75. The molecule has 3 heterocycles. The summed E-state index contributed by atoms with van der Waals surface area (Å²) >= 11 is 1.88. The van der Waals surface area contributed by atoms with E-state index in [0.717, 1.165) is 0 Å². The van der Waals surface area contributed by atoms with Gasteiger partial charge in [0.25, 0.3) is 0 Å². The molecular weight excluding hydrogens is 661 g/mol. The minimum Gasteiger partial charge on any atom is -0.309 e. The van der Waals surface area contributed by atoms with Crippen molar-refractivity contribution in [3.8, 4) is 22.5 Å². The molecule has 9 aromatic carbocycles. The largest absolute Gasteiger partial charge is 0.309 e. The van der Waals surface area contributed by atoms with Crippen LogP contribution in [-0.2, 0) is 0 Å². The summed E-state index contributed by atoms with van der Waals surface area (Å²) in [5.74, 6) is 0. The smallest absolute Gasteiger partial charge is 0.0640 e. The number of rotatable bonds is 3. The first kappa shape index (κ1) is 29.0. The lowest BCUT2D eigenvalue weighted by Crippen LogP contribution is -1.95. The van der Waals surface area contributed by atoms with Crippen molar-refractivity contribution in [2.24, 2.45) is 0 Å². The van der Waals surface area contributed by atoms with Crippen LogP contribution in [0, 0.1) is 0 Å². The zero-order valence-corrected chi connectivity index (χ0v) is 29.4. The van der Waals surface area contributed by atoms with Crippen LogP contribution in [0.25, 0.3) is 108 Å². The summed E-state index contributed by atoms with van der Waals surface area (Å²) in [6.07, 6.45) is 0. The van der Waals surface area contributed by atoms with E-state index in [4.69, 9.17) is 0 Å². The Morgan fingerprint density at radius 3 is 1.64 bits per heavy atom. The highest BCUT2D eigenvalue weighted by molar-refractivity contribution is 7.26. The zero-order chi connectivity index (χ0) is 34.6. The van der Waals surface area contributed by atoms with Gasteiger partial charge in [-0.2, -0.15) is 0 Å². The van der Waals surface area contributed by atoms with Gasteiger partial charge in [-0.15, -0.1) is 11.3 Å². The molecule has 2 nitrogen and oxygen atoms in total. The first-order valence-corrected chi connectivity index (χ1v) is 19.0. The molecule has 0 unspecified atom stereocenters. The van der Waals surface area contributed by atoms with Gasteiger partial charge in [-0.05, 0) is 87.9 Å². The number of fused-ring (bicyclic) bond motifs is 11. The first-order chi connectivity index (χ1) is 26.3. The molecule has 0 atom stereocenters. The van der Waals surface area contributed by atoms with Crippen LogP contribution in [0.4, 0.5) is 0 Å². The Balaban J connectivity index is 1.10. The third kappa shape index (κ3) is 4.14. The lowest BCUT2D eigenvalue weighted by Gasteiger charge is -2.12. The van der Waals surface area contributed by atoms with E-state index in [9.17, 15) is 0 Å². The number of benzene rings is 9. The van der Waals surface area contributed by atoms with Gasteiger partial charge in [-0.3, -0.25) is 0 Å². The van der Waals surface area contributed by atoms with Crippen LogP contribution in [0.3, 0.4) is 0 Å². The Morgan fingerprint density at radius 2 is 0.830 bits per heavy atom. The average molecular weight is 691 g/mol. The Labute approximate surface area is 309 Å². The topological polar surface area (TPSA) is 9.86 Å². The summed E-state index contributed by atoms with van der Waals surface area (Å²) in [4.78, 5) is 0. The predicted molar refractivity (Wildman–Crippen MR) is 228 cm³/mol. The summed E-state index contributed by atoms with van der Waals surface area (Å²) < 4.78 is 7.58. The maximum absolute atomic E-state index is 2.47. The van der Waals surface area contributed by atoms with Gasteiger partial charge >= 0.3 is 0 Å². The molecule has 0 radical (unpaired) electrons. The van der Waals surface area contributed by atoms with Gasteiger partial charge in [0.1, 0.15) is 0 Å². The predicted octanol–water partition coefficient (Wildman–Crippen LogP) is 14.2. The molecule has 0 amide bonds. The fourth-order valence-corrected chi connectivity index (χ4v) is 10.1. The van der Waals surface area contributed by atoms with Gasteiger partial charge in [-0.25, -0.2) is 0 Å². The quantitative estimate of drug-likeness (QED) is 0.175. The molecule has 0 fully saturated rings. The van der Waals surface area contributed by atoms with Crippen LogP contribution in [0.1, 0.15) is 0 Å². The molecule has 12 aromatic rings. The maximum atomic E-state index is 2.47. The molecule has 0 saturated heterocycles. The maximum Gasteiger partial charge on any atom is 0.0640 e.